The van der Waals surface area contributed by atoms with Crippen molar-refractivity contribution < 1.29 is 22.3 Å². The minimum atomic E-state index is -3.87. The van der Waals surface area contributed by atoms with Gasteiger partial charge in [0.1, 0.15) is 0 Å². The smallest absolute Gasteiger partial charge is 0.261 e. The van der Waals surface area contributed by atoms with Gasteiger partial charge in [-0.2, -0.15) is 0 Å². The third-order valence-corrected chi connectivity index (χ3v) is 4.29. The van der Waals surface area contributed by atoms with E-state index >= 15 is 0 Å². The molecule has 122 valence electrons. The lowest BCUT2D eigenvalue weighted by molar-refractivity contribution is -0.114. The van der Waals surface area contributed by atoms with Crippen molar-refractivity contribution in [1.82, 2.24) is 0 Å². The fourth-order valence-corrected chi connectivity index (χ4v) is 2.91. The Balaban J connectivity index is 2.21. The number of hydrogen-bond acceptors (Lipinski definition) is 4. The summed E-state index contributed by atoms with van der Waals surface area (Å²) in [5.74, 6) is -0.909. The summed E-state index contributed by atoms with van der Waals surface area (Å²) in [7, 11) is -2.55. The monoisotopic (exact) mass is 338 g/mol. The van der Waals surface area contributed by atoms with Crippen molar-refractivity contribution in [3.8, 4) is 5.75 Å². The molecule has 0 unspecified atom stereocenters. The Kier molecular flexibility index (Phi) is 4.85. The molecule has 8 heteroatoms. The van der Waals surface area contributed by atoms with Gasteiger partial charge in [-0.05, 0) is 36.4 Å². The number of anilines is 2. The van der Waals surface area contributed by atoms with Gasteiger partial charge in [0.25, 0.3) is 10.0 Å². The van der Waals surface area contributed by atoms with Gasteiger partial charge in [-0.3, -0.25) is 9.52 Å². The lowest BCUT2D eigenvalue weighted by Gasteiger charge is -2.10. The van der Waals surface area contributed by atoms with Crippen molar-refractivity contribution >= 4 is 27.3 Å². The summed E-state index contributed by atoms with van der Waals surface area (Å²) < 4.78 is 45.1. The van der Waals surface area contributed by atoms with Crippen molar-refractivity contribution in [3.63, 3.8) is 0 Å². The van der Waals surface area contributed by atoms with Crippen LogP contribution in [0.2, 0.25) is 0 Å². The minimum absolute atomic E-state index is 0.0113. The number of carbonyl (C=O) groups excluding carboxylic acids is 1. The molecule has 0 bridgehead atoms. The van der Waals surface area contributed by atoms with Crippen LogP contribution in [0.15, 0.2) is 47.4 Å². The van der Waals surface area contributed by atoms with E-state index in [0.717, 1.165) is 6.07 Å². The van der Waals surface area contributed by atoms with Crippen molar-refractivity contribution in [1.29, 1.82) is 0 Å². The van der Waals surface area contributed by atoms with E-state index in [9.17, 15) is 17.6 Å². The molecule has 0 aliphatic rings. The predicted molar refractivity (Wildman–Crippen MR) is 84.5 cm³/mol. The van der Waals surface area contributed by atoms with E-state index < -0.39 is 15.8 Å². The highest BCUT2D eigenvalue weighted by Gasteiger charge is 2.15. The quantitative estimate of drug-likeness (QED) is 0.877. The van der Waals surface area contributed by atoms with Crippen molar-refractivity contribution in [2.75, 3.05) is 17.1 Å². The lowest BCUT2D eigenvalue weighted by Crippen LogP contribution is -2.13. The summed E-state index contributed by atoms with van der Waals surface area (Å²) in [4.78, 5) is 10.9. The van der Waals surface area contributed by atoms with Gasteiger partial charge in [-0.15, -0.1) is 0 Å². The zero-order valence-corrected chi connectivity index (χ0v) is 13.3. The van der Waals surface area contributed by atoms with Crippen LogP contribution in [0.25, 0.3) is 0 Å². The van der Waals surface area contributed by atoms with Gasteiger partial charge in [-0.1, -0.05) is 0 Å². The summed E-state index contributed by atoms with van der Waals surface area (Å²) >= 11 is 0. The van der Waals surface area contributed by atoms with Gasteiger partial charge in [0, 0.05) is 18.7 Å². The zero-order valence-electron chi connectivity index (χ0n) is 12.5. The van der Waals surface area contributed by atoms with Gasteiger partial charge in [-0.25, -0.2) is 12.8 Å². The highest BCUT2D eigenvalue weighted by Crippen LogP contribution is 2.23. The normalized spacial score (nSPS) is 10.9. The second-order valence-corrected chi connectivity index (χ2v) is 6.34. The Hall–Kier alpha value is -2.61. The molecule has 0 spiro atoms. The molecule has 0 aliphatic carbocycles. The van der Waals surface area contributed by atoms with Crippen molar-refractivity contribution in [2.24, 2.45) is 0 Å². The molecule has 0 heterocycles. The number of carbonyl (C=O) groups is 1. The first-order valence-electron chi connectivity index (χ1n) is 6.56. The molecule has 23 heavy (non-hydrogen) atoms. The number of sulfonamides is 1. The Morgan fingerprint density at radius 2 is 1.70 bits per heavy atom. The molecule has 2 N–H and O–H groups in total. The molecule has 1 amide bonds. The van der Waals surface area contributed by atoms with Crippen molar-refractivity contribution in [3.05, 3.63) is 48.3 Å². The third-order valence-electron chi connectivity index (χ3n) is 2.89. The second kappa shape index (κ2) is 6.66. The maximum atomic E-state index is 13.6. The van der Waals surface area contributed by atoms with Crippen LogP contribution in [-0.2, 0) is 14.8 Å². The average Bonchev–Trinajstić information content (AvgIpc) is 2.47. The van der Waals surface area contributed by atoms with Gasteiger partial charge in [0.05, 0.1) is 17.7 Å². The van der Waals surface area contributed by atoms with Gasteiger partial charge >= 0.3 is 0 Å². The number of benzene rings is 2. The SMILES string of the molecule is COc1ccc(NS(=O)(=O)c2ccc(NC(C)=O)cc2)cc1F. The fraction of sp³-hybridized carbons (Fsp3) is 0.133. The number of amides is 1. The highest BCUT2D eigenvalue weighted by molar-refractivity contribution is 7.92. The largest absolute Gasteiger partial charge is 0.494 e. The van der Waals surface area contributed by atoms with Crippen LogP contribution >= 0.6 is 0 Å². The van der Waals surface area contributed by atoms with Crippen molar-refractivity contribution in [2.45, 2.75) is 11.8 Å². The molecule has 0 aromatic heterocycles. The number of methoxy groups -OCH3 is 1. The van der Waals surface area contributed by atoms with Gasteiger partial charge < -0.3 is 10.1 Å². The molecular formula is C15H15FN2O4S. The van der Waals surface area contributed by atoms with Crippen LogP contribution < -0.4 is 14.8 Å². The number of ether oxygens (including phenoxy) is 1. The Bertz CT molecular complexity index is 820. The summed E-state index contributed by atoms with van der Waals surface area (Å²) in [6.45, 7) is 1.35. The van der Waals surface area contributed by atoms with Crippen LogP contribution in [0.1, 0.15) is 6.92 Å². The molecule has 6 nitrogen and oxygen atoms in total. The molecule has 2 rings (SSSR count). The van der Waals surface area contributed by atoms with Crippen LogP contribution in [0.3, 0.4) is 0 Å². The average molecular weight is 338 g/mol. The number of rotatable bonds is 5. The van der Waals surface area contributed by atoms with Crippen LogP contribution in [0.5, 0.6) is 5.75 Å². The molecule has 0 fully saturated rings. The second-order valence-electron chi connectivity index (χ2n) is 4.66. The molecule has 0 saturated carbocycles. The van der Waals surface area contributed by atoms with E-state index in [4.69, 9.17) is 4.74 Å². The first-order valence-corrected chi connectivity index (χ1v) is 8.04. The van der Waals surface area contributed by atoms with Gasteiger partial charge in [0.2, 0.25) is 5.91 Å². The molecule has 0 radical (unpaired) electrons. The molecule has 2 aromatic rings. The third kappa shape index (κ3) is 4.19. The Labute approximate surface area is 133 Å². The fourth-order valence-electron chi connectivity index (χ4n) is 1.86. The maximum Gasteiger partial charge on any atom is 0.261 e. The van der Waals surface area contributed by atoms with Crippen LogP contribution in [0, 0.1) is 5.82 Å². The minimum Gasteiger partial charge on any atom is -0.494 e. The lowest BCUT2D eigenvalue weighted by atomic mass is 10.3. The van der Waals surface area contributed by atoms with E-state index in [1.54, 1.807) is 0 Å². The molecule has 2 aromatic carbocycles. The highest BCUT2D eigenvalue weighted by atomic mass is 32.2. The van der Waals surface area contributed by atoms with Crippen LogP contribution in [0.4, 0.5) is 15.8 Å². The van der Waals surface area contributed by atoms with Crippen LogP contribution in [-0.4, -0.2) is 21.4 Å². The molecular weight excluding hydrogens is 323 g/mol. The van der Waals surface area contributed by atoms with Gasteiger partial charge in [0.15, 0.2) is 11.6 Å². The summed E-state index contributed by atoms with van der Waals surface area (Å²) in [5, 5.41) is 2.54. The standard InChI is InChI=1S/C15H15FN2O4S/c1-10(19)17-11-3-6-13(7-4-11)23(20,21)18-12-5-8-15(22-2)14(16)9-12/h3-9,18H,1-2H3,(H,17,19). The van der Waals surface area contributed by atoms with E-state index in [-0.39, 0.29) is 22.2 Å². The zero-order chi connectivity index (χ0) is 17.0. The van der Waals surface area contributed by atoms with E-state index in [1.807, 2.05) is 0 Å². The number of halogens is 1. The maximum absolute atomic E-state index is 13.6. The molecule has 0 aliphatic heterocycles. The summed E-state index contributed by atoms with van der Waals surface area (Å²) in [5.41, 5.74) is 0.557. The number of hydrogen-bond donors (Lipinski definition) is 2. The topological polar surface area (TPSA) is 84.5 Å². The summed E-state index contributed by atoms with van der Waals surface area (Å²) in [6, 6.07) is 9.36. The Morgan fingerprint density at radius 1 is 1.09 bits per heavy atom. The summed E-state index contributed by atoms with van der Waals surface area (Å²) in [6.07, 6.45) is 0. The first-order chi connectivity index (χ1) is 10.8. The van der Waals surface area contributed by atoms with E-state index in [2.05, 4.69) is 10.0 Å². The first kappa shape index (κ1) is 16.8. The molecule has 0 atom stereocenters. The Morgan fingerprint density at radius 3 is 2.22 bits per heavy atom. The molecule has 0 saturated heterocycles. The van der Waals surface area contributed by atoms with E-state index in [1.165, 1.54) is 50.4 Å². The van der Waals surface area contributed by atoms with E-state index in [0.29, 0.717) is 5.69 Å². The predicted octanol–water partition coefficient (Wildman–Crippen LogP) is 2.59. The number of nitrogens with one attached hydrogen (secondary N) is 2.